The lowest BCUT2D eigenvalue weighted by Gasteiger charge is -2.32. The summed E-state index contributed by atoms with van der Waals surface area (Å²) in [6.45, 7) is 4.67. The van der Waals surface area contributed by atoms with Crippen molar-refractivity contribution in [3.8, 4) is 44.5 Å². The van der Waals surface area contributed by atoms with Crippen LogP contribution in [0.15, 0.2) is 158 Å². The van der Waals surface area contributed by atoms with E-state index >= 15 is 0 Å². The highest BCUT2D eigenvalue weighted by Crippen LogP contribution is 2.51. The third-order valence-electron chi connectivity index (χ3n) is 13.5. The topological polar surface area (TPSA) is 0 Å². The van der Waals surface area contributed by atoms with Crippen LogP contribution in [0, 0.1) is 13.8 Å². The van der Waals surface area contributed by atoms with Gasteiger partial charge in [-0.15, -0.1) is 0 Å². The van der Waals surface area contributed by atoms with Crippen LogP contribution in [0.3, 0.4) is 0 Å². The molecule has 0 radical (unpaired) electrons. The average Bonchev–Trinajstić information content (AvgIpc) is 3.19. The monoisotopic (exact) mass is 718 g/mol. The second-order valence-electron chi connectivity index (χ2n) is 16.7. The van der Waals surface area contributed by atoms with Gasteiger partial charge >= 0.3 is 0 Å². The molecule has 2 aliphatic rings. The molecule has 9 aromatic rings. The van der Waals surface area contributed by atoms with E-state index in [1.807, 2.05) is 0 Å². The molecular formula is C56H46. The predicted molar refractivity (Wildman–Crippen MR) is 241 cm³/mol. The van der Waals surface area contributed by atoms with Gasteiger partial charge in [0.05, 0.1) is 0 Å². The third kappa shape index (κ3) is 5.26. The molecule has 56 heavy (non-hydrogen) atoms. The minimum Gasteiger partial charge on any atom is -0.0616 e. The standard InChI is InChI=1S/C56H46/c1-35-31-36(2)52(48-28-14-30-50(56(48)38-19-12-20-38)54-33-40-16-4-6-22-42(40)44-24-8-10-26-46(44)54)34-51(35)47-27-13-29-49(55(47)37-17-11-18-37)53-32-39-15-3-5-21-41(39)43-23-7-9-25-45(43)53/h3-10,13-16,21-34,37-38H,11-12,17-20H2,1-2H3. The van der Waals surface area contributed by atoms with Crippen LogP contribution in [0.4, 0.5) is 0 Å². The Balaban J connectivity index is 1.14. The zero-order chi connectivity index (χ0) is 37.3. The molecule has 0 spiro atoms. The Morgan fingerprint density at radius 2 is 0.661 bits per heavy atom. The summed E-state index contributed by atoms with van der Waals surface area (Å²) < 4.78 is 0. The van der Waals surface area contributed by atoms with Crippen LogP contribution in [-0.2, 0) is 0 Å². The summed E-state index contributed by atoms with van der Waals surface area (Å²) in [6, 6.07) is 60.1. The van der Waals surface area contributed by atoms with E-state index in [0.717, 1.165) is 0 Å². The molecule has 0 amide bonds. The number of hydrogen-bond acceptors (Lipinski definition) is 0. The summed E-state index contributed by atoms with van der Waals surface area (Å²) in [7, 11) is 0. The first-order valence-corrected chi connectivity index (χ1v) is 20.8. The van der Waals surface area contributed by atoms with Gasteiger partial charge in [0.1, 0.15) is 0 Å². The highest BCUT2D eigenvalue weighted by atomic mass is 14.3. The van der Waals surface area contributed by atoms with Crippen LogP contribution in [0.2, 0.25) is 0 Å². The lowest BCUT2D eigenvalue weighted by Crippen LogP contribution is -2.13. The van der Waals surface area contributed by atoms with Gasteiger partial charge in [-0.3, -0.25) is 0 Å². The van der Waals surface area contributed by atoms with Gasteiger partial charge in [-0.2, -0.15) is 0 Å². The molecule has 11 rings (SSSR count). The van der Waals surface area contributed by atoms with Gasteiger partial charge in [0, 0.05) is 0 Å². The SMILES string of the molecule is Cc1cc(C)c(-c2cccc(-c3cc4ccccc4c4ccccc34)c2C2CCC2)cc1-c1cccc(-c2cc3ccccc3c3ccccc23)c1C1CCC1. The van der Waals surface area contributed by atoms with Gasteiger partial charge in [0.25, 0.3) is 0 Å². The number of benzene rings is 9. The van der Waals surface area contributed by atoms with Crippen molar-refractivity contribution in [1.29, 1.82) is 0 Å². The molecule has 2 saturated carbocycles. The predicted octanol–water partition coefficient (Wildman–Crippen LogP) is 16.1. The largest absolute Gasteiger partial charge is 0.0616 e. The molecule has 0 nitrogen and oxygen atoms in total. The Labute approximate surface area is 330 Å². The Kier molecular flexibility index (Phi) is 7.95. The summed E-state index contributed by atoms with van der Waals surface area (Å²) in [5.74, 6) is 1.12. The van der Waals surface area contributed by atoms with Gasteiger partial charge in [-0.05, 0) is 179 Å². The fourth-order valence-corrected chi connectivity index (χ4v) is 10.3. The molecule has 0 heterocycles. The van der Waals surface area contributed by atoms with Gasteiger partial charge in [0.2, 0.25) is 0 Å². The van der Waals surface area contributed by atoms with E-state index in [4.69, 9.17) is 0 Å². The van der Waals surface area contributed by atoms with E-state index in [1.165, 1.54) is 148 Å². The minimum atomic E-state index is 0.561. The van der Waals surface area contributed by atoms with Crippen molar-refractivity contribution in [2.75, 3.05) is 0 Å². The smallest absolute Gasteiger partial charge is 0.00959 e. The lowest BCUT2D eigenvalue weighted by atomic mass is 9.72. The van der Waals surface area contributed by atoms with Crippen LogP contribution in [-0.4, -0.2) is 0 Å². The van der Waals surface area contributed by atoms with E-state index in [0.29, 0.717) is 11.8 Å². The van der Waals surface area contributed by atoms with E-state index in [-0.39, 0.29) is 0 Å². The van der Waals surface area contributed by atoms with Crippen LogP contribution in [0.1, 0.15) is 72.6 Å². The molecule has 2 aliphatic carbocycles. The summed E-state index contributed by atoms with van der Waals surface area (Å²) in [6.07, 6.45) is 7.61. The maximum atomic E-state index is 2.57. The Bertz CT molecular complexity index is 2800. The third-order valence-corrected chi connectivity index (χ3v) is 13.5. The average molecular weight is 719 g/mol. The van der Waals surface area contributed by atoms with E-state index in [1.54, 1.807) is 0 Å². The number of rotatable bonds is 6. The lowest BCUT2D eigenvalue weighted by molar-refractivity contribution is 0.421. The van der Waals surface area contributed by atoms with E-state index < -0.39 is 0 Å². The van der Waals surface area contributed by atoms with Gasteiger partial charge in [-0.1, -0.05) is 152 Å². The number of fused-ring (bicyclic) bond motifs is 6. The molecule has 9 aromatic carbocycles. The van der Waals surface area contributed by atoms with E-state index in [2.05, 4.69) is 172 Å². The maximum Gasteiger partial charge on any atom is -0.00959 e. The quantitative estimate of drug-likeness (QED) is 0.150. The second kappa shape index (κ2) is 13.3. The van der Waals surface area contributed by atoms with Gasteiger partial charge < -0.3 is 0 Å². The van der Waals surface area contributed by atoms with Crippen molar-refractivity contribution in [2.45, 2.75) is 64.2 Å². The molecular weight excluding hydrogens is 673 g/mol. The highest BCUT2D eigenvalue weighted by Gasteiger charge is 2.30. The Morgan fingerprint density at radius 1 is 0.304 bits per heavy atom. The fraction of sp³-hybridized carbons (Fsp3) is 0.179. The molecule has 0 N–H and O–H groups in total. The molecule has 0 bridgehead atoms. The molecule has 0 aromatic heterocycles. The first-order valence-electron chi connectivity index (χ1n) is 20.8. The van der Waals surface area contributed by atoms with Crippen LogP contribution in [0.25, 0.3) is 87.6 Å². The Hall–Kier alpha value is -5.98. The van der Waals surface area contributed by atoms with Crippen LogP contribution >= 0.6 is 0 Å². The maximum absolute atomic E-state index is 2.57. The molecule has 0 aliphatic heterocycles. The van der Waals surface area contributed by atoms with Gasteiger partial charge in [0.15, 0.2) is 0 Å². The van der Waals surface area contributed by atoms with Crippen molar-refractivity contribution in [1.82, 2.24) is 0 Å². The van der Waals surface area contributed by atoms with Crippen LogP contribution in [0.5, 0.6) is 0 Å². The summed E-state index contributed by atoms with van der Waals surface area (Å²) in [5.41, 5.74) is 16.9. The van der Waals surface area contributed by atoms with Crippen molar-refractivity contribution >= 4 is 43.1 Å². The van der Waals surface area contributed by atoms with Gasteiger partial charge in [-0.25, -0.2) is 0 Å². The minimum absolute atomic E-state index is 0.561. The number of aryl methyl sites for hydroxylation is 2. The molecule has 0 heteroatoms. The zero-order valence-corrected chi connectivity index (χ0v) is 32.4. The highest BCUT2D eigenvalue weighted by molar-refractivity contribution is 6.15. The van der Waals surface area contributed by atoms with Crippen molar-refractivity contribution in [2.24, 2.45) is 0 Å². The summed E-state index contributed by atoms with van der Waals surface area (Å²) >= 11 is 0. The second-order valence-corrected chi connectivity index (χ2v) is 16.7. The molecule has 2 fully saturated rings. The Morgan fingerprint density at radius 3 is 1.05 bits per heavy atom. The van der Waals surface area contributed by atoms with Crippen LogP contribution < -0.4 is 0 Å². The molecule has 0 saturated heterocycles. The molecule has 0 unspecified atom stereocenters. The molecule has 270 valence electrons. The zero-order valence-electron chi connectivity index (χ0n) is 32.4. The van der Waals surface area contributed by atoms with Crippen molar-refractivity contribution in [3.05, 3.63) is 180 Å². The summed E-state index contributed by atoms with van der Waals surface area (Å²) in [5, 5.41) is 10.6. The first-order chi connectivity index (χ1) is 27.6. The normalized spacial score (nSPS) is 14.8. The van der Waals surface area contributed by atoms with Crippen molar-refractivity contribution in [3.63, 3.8) is 0 Å². The number of hydrogen-bond donors (Lipinski definition) is 0. The first kappa shape index (κ1) is 33.4. The van der Waals surface area contributed by atoms with Crippen molar-refractivity contribution < 1.29 is 0 Å². The molecule has 0 atom stereocenters. The van der Waals surface area contributed by atoms with E-state index in [9.17, 15) is 0 Å². The fourth-order valence-electron chi connectivity index (χ4n) is 10.3. The summed E-state index contributed by atoms with van der Waals surface area (Å²) in [4.78, 5) is 0.